The Morgan fingerprint density at radius 3 is 2.82 bits per heavy atom. The number of ether oxygens (including phenoxy) is 1. The molecule has 8 heteroatoms. The number of likely N-dealkylation sites (tertiary alicyclic amines) is 1. The monoisotopic (exact) mass is 393 g/mol. The van der Waals surface area contributed by atoms with Crippen LogP contribution in [-0.4, -0.2) is 34.1 Å². The first kappa shape index (κ1) is 20.2. The van der Waals surface area contributed by atoms with Crippen molar-refractivity contribution in [2.75, 3.05) is 6.54 Å². The third-order valence-electron chi connectivity index (χ3n) is 4.71. The van der Waals surface area contributed by atoms with Gasteiger partial charge >= 0.3 is 6.61 Å². The molecule has 152 valence electrons. The van der Waals surface area contributed by atoms with E-state index in [0.717, 1.165) is 12.8 Å². The van der Waals surface area contributed by atoms with Gasteiger partial charge in [-0.15, -0.1) is 0 Å². The van der Waals surface area contributed by atoms with E-state index in [-0.39, 0.29) is 28.7 Å². The van der Waals surface area contributed by atoms with E-state index >= 15 is 0 Å². The third kappa shape index (κ3) is 4.85. The lowest BCUT2D eigenvalue weighted by molar-refractivity contribution is -0.0503. The maximum absolute atomic E-state index is 13.0. The predicted molar refractivity (Wildman–Crippen MR) is 98.2 cm³/mol. The first-order valence-corrected chi connectivity index (χ1v) is 9.42. The van der Waals surface area contributed by atoms with Crippen LogP contribution in [0.5, 0.6) is 5.75 Å². The second kappa shape index (κ2) is 8.24. The number of hydrogen-bond donors (Lipinski definition) is 0. The Labute approximate surface area is 162 Å². The lowest BCUT2D eigenvalue weighted by atomic mass is 9.90. The largest absolute Gasteiger partial charge is 0.434 e. The number of halogens is 2. The highest BCUT2D eigenvalue weighted by Gasteiger charge is 2.35. The number of carbonyl (C=O) groups is 1. The molecule has 0 N–H and O–H groups in total. The zero-order chi connectivity index (χ0) is 20.3. The van der Waals surface area contributed by atoms with Gasteiger partial charge in [-0.3, -0.25) is 4.79 Å². The molecule has 0 aliphatic carbocycles. The van der Waals surface area contributed by atoms with Crippen molar-refractivity contribution in [3.63, 3.8) is 0 Å². The molecule has 2 heterocycles. The number of alkyl halides is 2. The fraction of sp³-hybridized carbons (Fsp3) is 0.550. The minimum absolute atomic E-state index is 0.0992. The highest BCUT2D eigenvalue weighted by atomic mass is 19.3. The zero-order valence-electron chi connectivity index (χ0n) is 16.3. The minimum Gasteiger partial charge on any atom is -0.434 e. The molecule has 0 bridgehead atoms. The van der Waals surface area contributed by atoms with Gasteiger partial charge in [0.25, 0.3) is 5.91 Å². The molecule has 28 heavy (non-hydrogen) atoms. The molecule has 3 rings (SSSR count). The second-order valence-corrected chi connectivity index (χ2v) is 8.14. The summed E-state index contributed by atoms with van der Waals surface area (Å²) in [5, 5.41) is 4.04. The van der Waals surface area contributed by atoms with E-state index in [0.29, 0.717) is 31.1 Å². The van der Waals surface area contributed by atoms with Crippen molar-refractivity contribution in [2.24, 2.45) is 5.41 Å². The Hall–Kier alpha value is -2.51. The molecular weight excluding hydrogens is 368 g/mol. The predicted octanol–water partition coefficient (Wildman–Crippen LogP) is 4.63. The molecule has 1 fully saturated rings. The van der Waals surface area contributed by atoms with Gasteiger partial charge in [0.2, 0.25) is 5.89 Å². The van der Waals surface area contributed by atoms with Crippen LogP contribution in [0.3, 0.4) is 0 Å². The van der Waals surface area contributed by atoms with Gasteiger partial charge in [-0.1, -0.05) is 38.1 Å². The van der Waals surface area contributed by atoms with Crippen LogP contribution in [0, 0.1) is 5.41 Å². The van der Waals surface area contributed by atoms with Gasteiger partial charge in [-0.25, -0.2) is 0 Å². The number of para-hydroxylation sites is 1. The molecule has 1 aromatic carbocycles. The Morgan fingerprint density at radius 2 is 2.11 bits per heavy atom. The molecule has 0 spiro atoms. The van der Waals surface area contributed by atoms with Crippen LogP contribution >= 0.6 is 0 Å². The number of carbonyl (C=O) groups excluding carboxylic acids is 1. The first-order chi connectivity index (χ1) is 13.2. The van der Waals surface area contributed by atoms with E-state index in [2.05, 4.69) is 35.6 Å². The fourth-order valence-corrected chi connectivity index (χ4v) is 3.25. The summed E-state index contributed by atoms with van der Waals surface area (Å²) in [7, 11) is 0. The summed E-state index contributed by atoms with van der Waals surface area (Å²) >= 11 is 0. The summed E-state index contributed by atoms with van der Waals surface area (Å²) < 4.78 is 35.2. The Kier molecular flexibility index (Phi) is 5.96. The van der Waals surface area contributed by atoms with Crippen molar-refractivity contribution in [1.82, 2.24) is 15.0 Å². The standard InChI is InChI=1S/C20H25F2N3O3/c1-20(2,3)11-10-16-23-17(28-24-16)14-8-6-12-25(14)18(26)13-7-4-5-9-15(13)27-19(21)22/h4-5,7,9,14,19H,6,8,10-12H2,1-3H3. The maximum Gasteiger partial charge on any atom is 0.387 e. The minimum atomic E-state index is -3.00. The summed E-state index contributed by atoms with van der Waals surface area (Å²) in [6.07, 6.45) is 3.06. The van der Waals surface area contributed by atoms with Crippen molar-refractivity contribution < 1.29 is 22.8 Å². The average molecular weight is 393 g/mol. The number of aryl methyl sites for hydroxylation is 1. The molecule has 1 aromatic heterocycles. The molecule has 1 unspecified atom stereocenters. The van der Waals surface area contributed by atoms with E-state index in [4.69, 9.17) is 4.52 Å². The number of rotatable bonds is 6. The molecule has 0 saturated carbocycles. The molecule has 1 amide bonds. The summed E-state index contributed by atoms with van der Waals surface area (Å²) in [6, 6.07) is 5.66. The van der Waals surface area contributed by atoms with Gasteiger partial charge in [0.1, 0.15) is 11.8 Å². The molecule has 1 aliphatic heterocycles. The first-order valence-electron chi connectivity index (χ1n) is 9.42. The molecule has 1 atom stereocenters. The van der Waals surface area contributed by atoms with E-state index in [1.807, 2.05) is 0 Å². The number of hydrogen-bond acceptors (Lipinski definition) is 5. The van der Waals surface area contributed by atoms with Crippen molar-refractivity contribution in [2.45, 2.75) is 59.1 Å². The van der Waals surface area contributed by atoms with E-state index in [1.165, 1.54) is 12.1 Å². The Balaban J connectivity index is 1.77. The van der Waals surface area contributed by atoms with Gasteiger partial charge < -0.3 is 14.2 Å². The maximum atomic E-state index is 13.0. The molecule has 1 aliphatic rings. The Bertz CT molecular complexity index is 817. The number of aromatic nitrogens is 2. The highest BCUT2D eigenvalue weighted by molar-refractivity contribution is 5.97. The van der Waals surface area contributed by atoms with Gasteiger partial charge in [-0.05, 0) is 36.8 Å². The number of amides is 1. The van der Waals surface area contributed by atoms with Crippen LogP contribution in [0.15, 0.2) is 28.8 Å². The van der Waals surface area contributed by atoms with Gasteiger partial charge in [0, 0.05) is 13.0 Å². The van der Waals surface area contributed by atoms with Crippen LogP contribution in [-0.2, 0) is 6.42 Å². The normalized spacial score (nSPS) is 17.4. The quantitative estimate of drug-likeness (QED) is 0.716. The average Bonchev–Trinajstić information content (AvgIpc) is 3.28. The summed E-state index contributed by atoms with van der Waals surface area (Å²) in [6.45, 7) is 3.93. The zero-order valence-corrected chi connectivity index (χ0v) is 16.3. The Morgan fingerprint density at radius 1 is 1.36 bits per heavy atom. The topological polar surface area (TPSA) is 68.5 Å². The lowest BCUT2D eigenvalue weighted by Gasteiger charge is -2.23. The van der Waals surface area contributed by atoms with Crippen LogP contribution in [0.25, 0.3) is 0 Å². The fourth-order valence-electron chi connectivity index (χ4n) is 3.25. The van der Waals surface area contributed by atoms with Gasteiger partial charge in [-0.2, -0.15) is 13.8 Å². The van der Waals surface area contributed by atoms with E-state index in [9.17, 15) is 13.6 Å². The molecule has 0 radical (unpaired) electrons. The van der Waals surface area contributed by atoms with Crippen molar-refractivity contribution in [3.05, 3.63) is 41.5 Å². The smallest absolute Gasteiger partial charge is 0.387 e. The van der Waals surface area contributed by atoms with E-state index < -0.39 is 6.61 Å². The summed E-state index contributed by atoms with van der Waals surface area (Å²) in [4.78, 5) is 19.1. The number of benzene rings is 1. The lowest BCUT2D eigenvalue weighted by Crippen LogP contribution is -2.31. The van der Waals surface area contributed by atoms with Crippen molar-refractivity contribution in [1.29, 1.82) is 0 Å². The van der Waals surface area contributed by atoms with Crippen LogP contribution in [0.4, 0.5) is 8.78 Å². The molecule has 1 saturated heterocycles. The summed E-state index contributed by atoms with van der Waals surface area (Å²) in [5.41, 5.74) is 0.257. The molecule has 2 aromatic rings. The number of nitrogens with zero attached hydrogens (tertiary/aromatic N) is 3. The molecular formula is C20H25F2N3O3. The second-order valence-electron chi connectivity index (χ2n) is 8.14. The van der Waals surface area contributed by atoms with Crippen LogP contribution in [0.2, 0.25) is 0 Å². The summed E-state index contributed by atoms with van der Waals surface area (Å²) in [5.74, 6) is 0.491. The van der Waals surface area contributed by atoms with Gasteiger partial charge in [0.15, 0.2) is 5.82 Å². The molecule has 6 nitrogen and oxygen atoms in total. The van der Waals surface area contributed by atoms with Crippen molar-refractivity contribution in [3.8, 4) is 5.75 Å². The third-order valence-corrected chi connectivity index (χ3v) is 4.71. The van der Waals surface area contributed by atoms with Crippen molar-refractivity contribution >= 4 is 5.91 Å². The highest BCUT2D eigenvalue weighted by Crippen LogP contribution is 2.34. The van der Waals surface area contributed by atoms with Crippen LogP contribution in [0.1, 0.15) is 68.1 Å². The van der Waals surface area contributed by atoms with E-state index in [1.54, 1.807) is 17.0 Å². The van der Waals surface area contributed by atoms with Crippen LogP contribution < -0.4 is 4.74 Å². The SMILES string of the molecule is CC(C)(C)CCc1noc(C2CCCN2C(=O)c2ccccc2OC(F)F)n1. The van der Waals surface area contributed by atoms with Gasteiger partial charge in [0.05, 0.1) is 5.56 Å².